The number of anilines is 1. The van der Waals surface area contributed by atoms with E-state index in [4.69, 9.17) is 0 Å². The Morgan fingerprint density at radius 2 is 1.83 bits per heavy atom. The molecule has 0 bridgehead atoms. The second-order valence-electron chi connectivity index (χ2n) is 4.33. The molecule has 18 heavy (non-hydrogen) atoms. The largest absolute Gasteiger partial charge is 0.382 e. The summed E-state index contributed by atoms with van der Waals surface area (Å²) in [5, 5.41) is 8.00. The highest BCUT2D eigenvalue weighted by Gasteiger charge is 2.25. The third kappa shape index (κ3) is 1.25. The topological polar surface area (TPSA) is 77.8 Å². The number of aromatic nitrogens is 2. The molecule has 0 amide bonds. The smallest absolute Gasteiger partial charge is 0.270 e. The van der Waals surface area contributed by atoms with Gasteiger partial charge in [-0.25, -0.2) is 4.39 Å². The predicted molar refractivity (Wildman–Crippen MR) is 66.7 cm³/mol. The van der Waals surface area contributed by atoms with Gasteiger partial charge in [0, 0.05) is 12.1 Å². The SMILES string of the molecule is CCc1c(F)c2c(c3c(=O)[nH][nH]c(=O)c13)CCN2. The van der Waals surface area contributed by atoms with Crippen LogP contribution in [0.4, 0.5) is 10.1 Å². The summed E-state index contributed by atoms with van der Waals surface area (Å²) in [4.78, 5) is 23.7. The van der Waals surface area contributed by atoms with Crippen LogP contribution >= 0.6 is 0 Å². The van der Waals surface area contributed by atoms with E-state index in [1.54, 1.807) is 6.92 Å². The summed E-state index contributed by atoms with van der Waals surface area (Å²) in [7, 11) is 0. The van der Waals surface area contributed by atoms with Crippen LogP contribution in [0, 0.1) is 5.82 Å². The van der Waals surface area contributed by atoms with Crippen molar-refractivity contribution in [2.24, 2.45) is 0 Å². The molecular weight excluding hydrogens is 237 g/mol. The normalized spacial score (nSPS) is 13.7. The van der Waals surface area contributed by atoms with E-state index < -0.39 is 11.4 Å². The molecule has 94 valence electrons. The van der Waals surface area contributed by atoms with Crippen molar-refractivity contribution >= 4 is 16.5 Å². The van der Waals surface area contributed by atoms with Gasteiger partial charge in [0.05, 0.1) is 16.5 Å². The Bertz CT molecular complexity index is 731. The number of fused-ring (bicyclic) bond motifs is 3. The molecule has 0 radical (unpaired) electrons. The Hall–Kier alpha value is -2.11. The molecule has 0 saturated carbocycles. The molecule has 0 fully saturated rings. The molecule has 0 spiro atoms. The molecule has 1 aliphatic heterocycles. The Morgan fingerprint density at radius 3 is 2.50 bits per heavy atom. The molecule has 1 aromatic heterocycles. The maximum absolute atomic E-state index is 14.3. The number of aromatic amines is 2. The molecule has 5 nitrogen and oxygen atoms in total. The van der Waals surface area contributed by atoms with E-state index in [1.165, 1.54) is 0 Å². The van der Waals surface area contributed by atoms with Crippen LogP contribution in [0.25, 0.3) is 10.8 Å². The number of rotatable bonds is 1. The summed E-state index contributed by atoms with van der Waals surface area (Å²) in [6.45, 7) is 2.35. The summed E-state index contributed by atoms with van der Waals surface area (Å²) in [5.74, 6) is -0.409. The first-order valence-electron chi connectivity index (χ1n) is 5.86. The fourth-order valence-corrected chi connectivity index (χ4v) is 2.64. The van der Waals surface area contributed by atoms with Crippen LogP contribution in [0.1, 0.15) is 18.1 Å². The average molecular weight is 249 g/mol. The number of H-pyrrole nitrogens is 2. The monoisotopic (exact) mass is 249 g/mol. The van der Waals surface area contributed by atoms with E-state index in [9.17, 15) is 14.0 Å². The van der Waals surface area contributed by atoms with E-state index in [-0.39, 0.29) is 10.9 Å². The molecule has 1 aromatic carbocycles. The number of benzene rings is 1. The van der Waals surface area contributed by atoms with Crippen molar-refractivity contribution in [2.45, 2.75) is 19.8 Å². The summed E-state index contributed by atoms with van der Waals surface area (Å²) >= 11 is 0. The van der Waals surface area contributed by atoms with Crippen LogP contribution in [-0.4, -0.2) is 16.7 Å². The minimum Gasteiger partial charge on any atom is -0.382 e. The first-order chi connectivity index (χ1) is 8.65. The maximum atomic E-state index is 14.3. The van der Waals surface area contributed by atoms with Crippen molar-refractivity contribution in [3.05, 3.63) is 37.7 Å². The maximum Gasteiger partial charge on any atom is 0.270 e. The average Bonchev–Trinajstić information content (AvgIpc) is 2.83. The fourth-order valence-electron chi connectivity index (χ4n) is 2.64. The van der Waals surface area contributed by atoms with E-state index in [0.717, 1.165) is 0 Å². The molecule has 3 rings (SSSR count). The zero-order chi connectivity index (χ0) is 12.9. The molecule has 3 N–H and O–H groups in total. The van der Waals surface area contributed by atoms with Gasteiger partial charge in [0.1, 0.15) is 0 Å². The highest BCUT2D eigenvalue weighted by Crippen LogP contribution is 2.33. The first-order valence-corrected chi connectivity index (χ1v) is 5.86. The van der Waals surface area contributed by atoms with Crippen molar-refractivity contribution in [1.82, 2.24) is 10.2 Å². The fraction of sp³-hybridized carbons (Fsp3) is 0.333. The third-order valence-electron chi connectivity index (χ3n) is 3.41. The summed E-state index contributed by atoms with van der Waals surface area (Å²) in [5.41, 5.74) is 0.447. The molecule has 6 heteroatoms. The van der Waals surface area contributed by atoms with Crippen LogP contribution in [0.5, 0.6) is 0 Å². The van der Waals surface area contributed by atoms with E-state index in [2.05, 4.69) is 15.5 Å². The lowest BCUT2D eigenvalue weighted by atomic mass is 9.97. The lowest BCUT2D eigenvalue weighted by Gasteiger charge is -2.10. The zero-order valence-electron chi connectivity index (χ0n) is 9.82. The number of aryl methyl sites for hydroxylation is 1. The second kappa shape index (κ2) is 3.69. The van der Waals surface area contributed by atoms with E-state index >= 15 is 0 Å². The van der Waals surface area contributed by atoms with Gasteiger partial charge in [-0.15, -0.1) is 0 Å². The minimum absolute atomic E-state index is 0.182. The van der Waals surface area contributed by atoms with Crippen molar-refractivity contribution in [1.29, 1.82) is 0 Å². The van der Waals surface area contributed by atoms with Crippen LogP contribution in [-0.2, 0) is 12.8 Å². The highest BCUT2D eigenvalue weighted by atomic mass is 19.1. The zero-order valence-corrected chi connectivity index (χ0v) is 9.82. The molecule has 0 saturated heterocycles. The van der Waals surface area contributed by atoms with Crippen LogP contribution < -0.4 is 16.4 Å². The van der Waals surface area contributed by atoms with Gasteiger partial charge in [0.15, 0.2) is 5.82 Å². The van der Waals surface area contributed by atoms with Gasteiger partial charge in [-0.1, -0.05) is 6.92 Å². The van der Waals surface area contributed by atoms with Gasteiger partial charge in [0.25, 0.3) is 11.1 Å². The van der Waals surface area contributed by atoms with Gasteiger partial charge in [-0.3, -0.25) is 19.8 Å². The van der Waals surface area contributed by atoms with Crippen molar-refractivity contribution in [3.8, 4) is 0 Å². The summed E-state index contributed by atoms with van der Waals surface area (Å²) in [6, 6.07) is 0. The van der Waals surface area contributed by atoms with Gasteiger partial charge in [-0.05, 0) is 18.4 Å². The second-order valence-corrected chi connectivity index (χ2v) is 4.33. The van der Waals surface area contributed by atoms with Crippen LogP contribution in [0.3, 0.4) is 0 Å². The Kier molecular flexibility index (Phi) is 2.26. The van der Waals surface area contributed by atoms with Gasteiger partial charge in [-0.2, -0.15) is 0 Å². The van der Waals surface area contributed by atoms with Crippen LogP contribution in [0.2, 0.25) is 0 Å². The Balaban J connectivity index is 2.66. The molecule has 0 atom stereocenters. The lowest BCUT2D eigenvalue weighted by Crippen LogP contribution is -2.22. The number of nitrogens with one attached hydrogen (secondary N) is 3. The third-order valence-corrected chi connectivity index (χ3v) is 3.41. The minimum atomic E-state index is -0.449. The highest BCUT2D eigenvalue weighted by molar-refractivity contribution is 5.93. The molecule has 2 aromatic rings. The van der Waals surface area contributed by atoms with Gasteiger partial charge < -0.3 is 5.32 Å². The van der Waals surface area contributed by atoms with Crippen molar-refractivity contribution < 1.29 is 4.39 Å². The standard InChI is InChI=1S/C12H12FN3O2/c1-2-5-7-8(12(18)16-15-11(7)17)6-3-4-14-10(6)9(5)13/h14H,2-4H2,1H3,(H,15,17)(H,16,18). The van der Waals surface area contributed by atoms with E-state index in [0.29, 0.717) is 41.6 Å². The van der Waals surface area contributed by atoms with Crippen LogP contribution in [0.15, 0.2) is 9.59 Å². The Labute approximate surface area is 101 Å². The van der Waals surface area contributed by atoms with E-state index in [1.807, 2.05) is 0 Å². The van der Waals surface area contributed by atoms with Crippen molar-refractivity contribution in [2.75, 3.05) is 11.9 Å². The number of halogens is 1. The quantitative estimate of drug-likeness (QED) is 0.702. The molecule has 0 aliphatic carbocycles. The van der Waals surface area contributed by atoms with Crippen molar-refractivity contribution in [3.63, 3.8) is 0 Å². The molecule has 0 unspecified atom stereocenters. The first kappa shape index (κ1) is 11.0. The summed E-state index contributed by atoms with van der Waals surface area (Å²) in [6.07, 6.45) is 0.920. The van der Waals surface area contributed by atoms with Gasteiger partial charge in [0.2, 0.25) is 0 Å². The molecular formula is C12H12FN3O2. The lowest BCUT2D eigenvalue weighted by molar-refractivity contribution is 0.618. The number of hydrogen-bond donors (Lipinski definition) is 3. The van der Waals surface area contributed by atoms with Gasteiger partial charge >= 0.3 is 0 Å². The number of hydrogen-bond acceptors (Lipinski definition) is 3. The summed E-state index contributed by atoms with van der Waals surface area (Å²) < 4.78 is 14.3. The Morgan fingerprint density at radius 1 is 1.17 bits per heavy atom. The molecule has 1 aliphatic rings. The molecule has 2 heterocycles. The predicted octanol–water partition coefficient (Wildman–Crippen LogP) is 0.886.